The van der Waals surface area contributed by atoms with E-state index in [1.165, 1.54) is 0 Å². The molecule has 0 radical (unpaired) electrons. The second kappa shape index (κ2) is 8.53. The van der Waals surface area contributed by atoms with Crippen molar-refractivity contribution < 1.29 is 9.52 Å². The molecule has 29 heavy (non-hydrogen) atoms. The molecule has 2 aromatic heterocycles. The summed E-state index contributed by atoms with van der Waals surface area (Å²) in [6.45, 7) is 2.71. The summed E-state index contributed by atoms with van der Waals surface area (Å²) in [6, 6.07) is 15.3. The zero-order valence-corrected chi connectivity index (χ0v) is 17.6. The van der Waals surface area contributed by atoms with Gasteiger partial charge in [0.1, 0.15) is 17.6 Å². The molecule has 1 aliphatic rings. The minimum Gasteiger partial charge on any atom is -0.459 e. The van der Waals surface area contributed by atoms with Gasteiger partial charge in [0, 0.05) is 29.9 Å². The molecule has 0 aliphatic carbocycles. The Hall–Kier alpha value is -2.41. The molecule has 1 fully saturated rings. The summed E-state index contributed by atoms with van der Waals surface area (Å²) in [6.07, 6.45) is 2.39. The molecule has 3 aromatic rings. The predicted molar refractivity (Wildman–Crippen MR) is 118 cm³/mol. The molecule has 3 heterocycles. The van der Waals surface area contributed by atoms with E-state index >= 15 is 0 Å². The molecule has 0 unspecified atom stereocenters. The van der Waals surface area contributed by atoms with Gasteiger partial charge < -0.3 is 19.7 Å². The van der Waals surface area contributed by atoms with Crippen molar-refractivity contribution in [2.45, 2.75) is 25.4 Å². The van der Waals surface area contributed by atoms with E-state index in [0.717, 1.165) is 28.3 Å². The van der Waals surface area contributed by atoms with Gasteiger partial charge in [-0.25, -0.2) is 0 Å². The maximum Gasteiger partial charge on any atom is 0.170 e. The Balaban J connectivity index is 1.73. The van der Waals surface area contributed by atoms with E-state index in [9.17, 15) is 5.11 Å². The van der Waals surface area contributed by atoms with Crippen molar-refractivity contribution in [2.75, 3.05) is 13.2 Å². The summed E-state index contributed by atoms with van der Waals surface area (Å²) in [5.41, 5.74) is 2.84. The van der Waals surface area contributed by atoms with Gasteiger partial charge in [0.2, 0.25) is 0 Å². The van der Waals surface area contributed by atoms with Crippen molar-refractivity contribution in [1.29, 1.82) is 0 Å². The van der Waals surface area contributed by atoms with E-state index in [1.54, 1.807) is 6.20 Å². The number of hydrogen-bond acceptors (Lipinski definition) is 4. The Morgan fingerprint density at radius 2 is 2.07 bits per heavy atom. The number of aliphatic hydroxyl groups excluding tert-OH is 1. The highest BCUT2D eigenvalue weighted by molar-refractivity contribution is 7.80. The Morgan fingerprint density at radius 1 is 1.21 bits per heavy atom. The number of nitrogens with zero attached hydrogens (tertiary/aromatic N) is 2. The number of aromatic nitrogens is 1. The van der Waals surface area contributed by atoms with Crippen molar-refractivity contribution in [2.24, 2.45) is 0 Å². The van der Waals surface area contributed by atoms with Gasteiger partial charge in [-0.3, -0.25) is 4.98 Å². The largest absolute Gasteiger partial charge is 0.459 e. The van der Waals surface area contributed by atoms with Crippen LogP contribution in [-0.4, -0.2) is 33.3 Å². The molecule has 2 atom stereocenters. The van der Waals surface area contributed by atoms with E-state index in [4.69, 9.17) is 28.2 Å². The number of thiocarbonyl (C=S) groups is 1. The number of nitrogens with one attached hydrogen (secondary N) is 1. The number of pyridine rings is 1. The third-order valence-electron chi connectivity index (χ3n) is 5.21. The Labute approximate surface area is 180 Å². The summed E-state index contributed by atoms with van der Waals surface area (Å²) in [5, 5.41) is 14.0. The Kier molecular flexibility index (Phi) is 5.85. The van der Waals surface area contributed by atoms with Crippen LogP contribution in [0.15, 0.2) is 59.1 Å². The molecule has 1 saturated heterocycles. The topological polar surface area (TPSA) is 61.5 Å². The molecule has 5 nitrogen and oxygen atoms in total. The number of benzene rings is 1. The van der Waals surface area contributed by atoms with Gasteiger partial charge in [-0.15, -0.1) is 0 Å². The Bertz CT molecular complexity index is 1010. The summed E-state index contributed by atoms with van der Waals surface area (Å²) in [5.74, 6) is 1.56. The minimum atomic E-state index is -0.155. The van der Waals surface area contributed by atoms with Crippen molar-refractivity contribution in [1.82, 2.24) is 15.2 Å². The molecule has 0 bridgehead atoms. The van der Waals surface area contributed by atoms with Crippen LogP contribution >= 0.6 is 23.8 Å². The van der Waals surface area contributed by atoms with E-state index in [2.05, 4.69) is 15.2 Å². The Morgan fingerprint density at radius 3 is 2.83 bits per heavy atom. The average molecular weight is 428 g/mol. The maximum absolute atomic E-state index is 9.32. The van der Waals surface area contributed by atoms with Crippen LogP contribution in [0.3, 0.4) is 0 Å². The summed E-state index contributed by atoms with van der Waals surface area (Å²) < 4.78 is 6.31. The molecule has 2 N–H and O–H groups in total. The molecule has 7 heteroatoms. The first kappa shape index (κ1) is 19.9. The number of aliphatic hydroxyl groups is 1. The predicted octanol–water partition coefficient (Wildman–Crippen LogP) is 4.66. The third kappa shape index (κ3) is 3.88. The van der Waals surface area contributed by atoms with Crippen LogP contribution in [0.25, 0.3) is 11.3 Å². The first-order valence-corrected chi connectivity index (χ1v) is 10.3. The third-order valence-corrected chi connectivity index (χ3v) is 5.97. The molecule has 0 amide bonds. The van der Waals surface area contributed by atoms with E-state index in [1.807, 2.05) is 55.5 Å². The van der Waals surface area contributed by atoms with Crippen LogP contribution in [0.4, 0.5) is 0 Å². The number of halogens is 1. The van der Waals surface area contributed by atoms with Crippen LogP contribution in [-0.2, 0) is 0 Å². The van der Waals surface area contributed by atoms with Crippen LogP contribution in [0.1, 0.15) is 35.5 Å². The lowest BCUT2D eigenvalue weighted by Crippen LogP contribution is -2.30. The fourth-order valence-corrected chi connectivity index (χ4v) is 4.23. The standard InChI is InChI=1S/C22H22ClN3O2S/c1-14-15(6-4-7-16(14)23)18-9-10-19(28-18)21-20(17-8-2-3-11-24-17)25-22(29)26(21)12-5-13-27/h2-4,6-11,20-21,27H,5,12-13H2,1H3,(H,25,29)/t20-,21+/m0/s1. The summed E-state index contributed by atoms with van der Waals surface area (Å²) in [4.78, 5) is 6.59. The van der Waals surface area contributed by atoms with Gasteiger partial charge >= 0.3 is 0 Å². The quantitative estimate of drug-likeness (QED) is 0.558. The second-order valence-corrected chi connectivity index (χ2v) is 7.81. The van der Waals surface area contributed by atoms with Gasteiger partial charge in [-0.05, 0) is 61.5 Å². The van der Waals surface area contributed by atoms with Gasteiger partial charge in [0.15, 0.2) is 5.11 Å². The molecule has 0 spiro atoms. The van der Waals surface area contributed by atoms with E-state index < -0.39 is 0 Å². The normalized spacial score (nSPS) is 18.9. The number of rotatable bonds is 6. The SMILES string of the molecule is Cc1c(Cl)cccc1-c1ccc([C@@H]2[C@H](c3ccccn3)NC(=S)N2CCCO)o1. The zero-order valence-electron chi connectivity index (χ0n) is 16.0. The molecule has 150 valence electrons. The lowest BCUT2D eigenvalue weighted by molar-refractivity contribution is 0.233. The van der Waals surface area contributed by atoms with Crippen molar-refractivity contribution in [3.8, 4) is 11.3 Å². The van der Waals surface area contributed by atoms with Crippen molar-refractivity contribution in [3.63, 3.8) is 0 Å². The fourth-order valence-electron chi connectivity index (χ4n) is 3.73. The van der Waals surface area contributed by atoms with Crippen LogP contribution in [0.2, 0.25) is 5.02 Å². The maximum atomic E-state index is 9.32. The first-order chi connectivity index (χ1) is 14.1. The average Bonchev–Trinajstić information content (AvgIpc) is 3.33. The number of furan rings is 1. The lowest BCUT2D eigenvalue weighted by Gasteiger charge is -2.25. The van der Waals surface area contributed by atoms with Crippen LogP contribution < -0.4 is 5.32 Å². The van der Waals surface area contributed by atoms with Gasteiger partial charge in [-0.1, -0.05) is 29.8 Å². The highest BCUT2D eigenvalue weighted by atomic mass is 35.5. The fraction of sp³-hybridized carbons (Fsp3) is 0.273. The minimum absolute atomic E-state index is 0.102. The second-order valence-electron chi connectivity index (χ2n) is 7.01. The lowest BCUT2D eigenvalue weighted by atomic mass is 10.0. The molecule has 4 rings (SSSR count). The monoisotopic (exact) mass is 427 g/mol. The van der Waals surface area contributed by atoms with E-state index in [0.29, 0.717) is 23.1 Å². The molecule has 1 aliphatic heterocycles. The molecule has 0 saturated carbocycles. The zero-order chi connectivity index (χ0) is 20.4. The van der Waals surface area contributed by atoms with Gasteiger partial charge in [0.25, 0.3) is 0 Å². The molecular formula is C22H22ClN3O2S. The first-order valence-electron chi connectivity index (χ1n) is 9.54. The van der Waals surface area contributed by atoms with Crippen molar-refractivity contribution >= 4 is 28.9 Å². The molecule has 1 aromatic carbocycles. The van der Waals surface area contributed by atoms with Gasteiger partial charge in [-0.2, -0.15) is 0 Å². The summed E-state index contributed by atoms with van der Waals surface area (Å²) in [7, 11) is 0. The highest BCUT2D eigenvalue weighted by Gasteiger charge is 2.41. The highest BCUT2D eigenvalue weighted by Crippen LogP contribution is 2.41. The van der Waals surface area contributed by atoms with Crippen LogP contribution in [0, 0.1) is 6.92 Å². The molecular weight excluding hydrogens is 406 g/mol. The van der Waals surface area contributed by atoms with Crippen LogP contribution in [0.5, 0.6) is 0 Å². The van der Waals surface area contributed by atoms with E-state index in [-0.39, 0.29) is 18.7 Å². The smallest absolute Gasteiger partial charge is 0.170 e. The summed E-state index contributed by atoms with van der Waals surface area (Å²) >= 11 is 11.9. The number of hydrogen-bond donors (Lipinski definition) is 2. The van der Waals surface area contributed by atoms with Gasteiger partial charge in [0.05, 0.1) is 11.7 Å². The van der Waals surface area contributed by atoms with Crippen molar-refractivity contribution in [3.05, 3.63) is 76.8 Å².